The van der Waals surface area contributed by atoms with E-state index in [0.717, 1.165) is 33.0 Å². The standard InChI is InChI=1S/C46H30N2/c1-4-12-31(13-5-1)36-23-25-41-42(27-36)44(38-21-20-34-18-10-11-19-35(34)26-38)40-24-22-37(32-14-6-2-7-15-32)28-43(40)45(41)46-47-29-39(30-48-46)33-16-8-3-9-17-33/h1-30H. The highest BCUT2D eigenvalue weighted by atomic mass is 14.9. The maximum atomic E-state index is 5.04. The summed E-state index contributed by atoms with van der Waals surface area (Å²) >= 11 is 0. The second-order valence-corrected chi connectivity index (χ2v) is 12.2. The van der Waals surface area contributed by atoms with Gasteiger partial charge in [0, 0.05) is 23.5 Å². The lowest BCUT2D eigenvalue weighted by Crippen LogP contribution is -1.96. The van der Waals surface area contributed by atoms with Crippen LogP contribution in [0.5, 0.6) is 0 Å². The zero-order chi connectivity index (χ0) is 31.9. The van der Waals surface area contributed by atoms with Crippen LogP contribution in [0.3, 0.4) is 0 Å². The first kappa shape index (κ1) is 27.9. The van der Waals surface area contributed by atoms with Gasteiger partial charge >= 0.3 is 0 Å². The van der Waals surface area contributed by atoms with E-state index in [1.807, 2.05) is 30.6 Å². The van der Waals surface area contributed by atoms with E-state index in [1.54, 1.807) is 0 Å². The first-order valence-electron chi connectivity index (χ1n) is 16.3. The molecule has 9 aromatic rings. The van der Waals surface area contributed by atoms with Crippen LogP contribution in [-0.2, 0) is 0 Å². The molecular weight excluding hydrogens is 581 g/mol. The molecule has 0 amide bonds. The summed E-state index contributed by atoms with van der Waals surface area (Å²) in [5, 5.41) is 7.07. The molecule has 2 nitrogen and oxygen atoms in total. The Kier molecular flexibility index (Phi) is 6.84. The van der Waals surface area contributed by atoms with Crippen LogP contribution in [0.15, 0.2) is 182 Å². The van der Waals surface area contributed by atoms with Gasteiger partial charge in [-0.2, -0.15) is 0 Å². The Bertz CT molecular complexity index is 2570. The van der Waals surface area contributed by atoms with Crippen molar-refractivity contribution in [3.63, 3.8) is 0 Å². The molecule has 0 radical (unpaired) electrons. The number of rotatable bonds is 5. The zero-order valence-electron chi connectivity index (χ0n) is 26.2. The molecule has 224 valence electrons. The molecule has 8 aromatic carbocycles. The minimum absolute atomic E-state index is 0.715. The van der Waals surface area contributed by atoms with Crippen molar-refractivity contribution in [1.29, 1.82) is 0 Å². The van der Waals surface area contributed by atoms with Gasteiger partial charge in [-0.1, -0.05) is 152 Å². The molecule has 0 bridgehead atoms. The molecule has 2 heteroatoms. The molecule has 0 saturated carbocycles. The largest absolute Gasteiger partial charge is 0.236 e. The molecule has 0 aliphatic carbocycles. The molecule has 48 heavy (non-hydrogen) atoms. The fraction of sp³-hybridized carbons (Fsp3) is 0. The summed E-state index contributed by atoms with van der Waals surface area (Å²) < 4.78 is 0. The van der Waals surface area contributed by atoms with Crippen molar-refractivity contribution < 1.29 is 0 Å². The van der Waals surface area contributed by atoms with Crippen molar-refractivity contribution in [3.8, 4) is 55.9 Å². The van der Waals surface area contributed by atoms with Crippen molar-refractivity contribution in [2.45, 2.75) is 0 Å². The molecule has 0 N–H and O–H groups in total. The van der Waals surface area contributed by atoms with Crippen LogP contribution in [0.2, 0.25) is 0 Å². The Morgan fingerprint density at radius 2 is 0.729 bits per heavy atom. The highest BCUT2D eigenvalue weighted by Gasteiger charge is 2.20. The van der Waals surface area contributed by atoms with E-state index in [2.05, 4.69) is 152 Å². The van der Waals surface area contributed by atoms with Crippen LogP contribution in [0.25, 0.3) is 88.2 Å². The number of benzene rings is 8. The van der Waals surface area contributed by atoms with E-state index in [9.17, 15) is 0 Å². The number of aromatic nitrogens is 2. The van der Waals surface area contributed by atoms with Crippen molar-refractivity contribution in [2.24, 2.45) is 0 Å². The molecule has 0 saturated heterocycles. The number of hydrogen-bond donors (Lipinski definition) is 0. The minimum atomic E-state index is 0.715. The highest BCUT2D eigenvalue weighted by Crippen LogP contribution is 2.45. The molecule has 0 unspecified atom stereocenters. The molecule has 0 spiro atoms. The summed E-state index contributed by atoms with van der Waals surface area (Å²) in [6.45, 7) is 0. The summed E-state index contributed by atoms with van der Waals surface area (Å²) in [6, 6.07) is 60.7. The average molecular weight is 611 g/mol. The normalized spacial score (nSPS) is 11.3. The molecule has 9 rings (SSSR count). The van der Waals surface area contributed by atoms with Crippen LogP contribution < -0.4 is 0 Å². The minimum Gasteiger partial charge on any atom is -0.236 e. The van der Waals surface area contributed by atoms with Gasteiger partial charge in [-0.05, 0) is 89.5 Å². The Morgan fingerprint density at radius 1 is 0.271 bits per heavy atom. The smallest absolute Gasteiger partial charge is 0.160 e. The first-order chi connectivity index (χ1) is 23.8. The Morgan fingerprint density at radius 3 is 1.31 bits per heavy atom. The van der Waals surface area contributed by atoms with Crippen molar-refractivity contribution >= 4 is 32.3 Å². The Hall–Kier alpha value is -6.38. The summed E-state index contributed by atoms with van der Waals surface area (Å²) in [6.07, 6.45) is 3.90. The van der Waals surface area contributed by atoms with Gasteiger partial charge in [-0.15, -0.1) is 0 Å². The fourth-order valence-electron chi connectivity index (χ4n) is 6.98. The number of nitrogens with zero attached hydrogens (tertiary/aromatic N) is 2. The van der Waals surface area contributed by atoms with Crippen LogP contribution in [0.4, 0.5) is 0 Å². The van der Waals surface area contributed by atoms with Crippen LogP contribution >= 0.6 is 0 Å². The second kappa shape index (κ2) is 11.8. The summed E-state index contributed by atoms with van der Waals surface area (Å²) in [5.41, 5.74) is 10.3. The average Bonchev–Trinajstić information content (AvgIpc) is 3.17. The molecule has 0 aliphatic rings. The third-order valence-corrected chi connectivity index (χ3v) is 9.35. The lowest BCUT2D eigenvalue weighted by Gasteiger charge is -2.19. The zero-order valence-corrected chi connectivity index (χ0v) is 26.2. The molecule has 1 heterocycles. The van der Waals surface area contributed by atoms with Gasteiger partial charge < -0.3 is 0 Å². The maximum Gasteiger partial charge on any atom is 0.160 e. The lowest BCUT2D eigenvalue weighted by atomic mass is 9.85. The van der Waals surface area contributed by atoms with E-state index in [4.69, 9.17) is 9.97 Å². The number of hydrogen-bond acceptors (Lipinski definition) is 2. The summed E-state index contributed by atoms with van der Waals surface area (Å²) in [5.74, 6) is 0.715. The van der Waals surface area contributed by atoms with E-state index >= 15 is 0 Å². The predicted octanol–water partition coefficient (Wildman–Crippen LogP) is 12.3. The van der Waals surface area contributed by atoms with Gasteiger partial charge in [-0.3, -0.25) is 0 Å². The van der Waals surface area contributed by atoms with Gasteiger partial charge in [0.25, 0.3) is 0 Å². The third kappa shape index (κ3) is 4.92. The van der Waals surface area contributed by atoms with Crippen LogP contribution in [-0.4, -0.2) is 9.97 Å². The van der Waals surface area contributed by atoms with E-state index in [1.165, 1.54) is 49.4 Å². The fourth-order valence-corrected chi connectivity index (χ4v) is 6.98. The van der Waals surface area contributed by atoms with Gasteiger partial charge in [0.15, 0.2) is 5.82 Å². The summed E-state index contributed by atoms with van der Waals surface area (Å²) in [7, 11) is 0. The number of fused-ring (bicyclic) bond motifs is 3. The Labute approximate surface area is 279 Å². The molecule has 0 fully saturated rings. The van der Waals surface area contributed by atoms with Crippen molar-refractivity contribution in [3.05, 3.63) is 182 Å². The summed E-state index contributed by atoms with van der Waals surface area (Å²) in [4.78, 5) is 10.1. The van der Waals surface area contributed by atoms with Gasteiger partial charge in [-0.25, -0.2) is 9.97 Å². The van der Waals surface area contributed by atoms with Crippen LogP contribution in [0, 0.1) is 0 Å². The quantitative estimate of drug-likeness (QED) is 0.181. The van der Waals surface area contributed by atoms with Crippen molar-refractivity contribution in [1.82, 2.24) is 9.97 Å². The lowest BCUT2D eigenvalue weighted by molar-refractivity contribution is 1.19. The monoisotopic (exact) mass is 610 g/mol. The SMILES string of the molecule is c1ccc(-c2cnc(-c3c4ccc(-c5ccccc5)cc4c(-c4ccc5ccccc5c4)c4ccc(-c5ccccc5)cc34)nc2)cc1. The van der Waals surface area contributed by atoms with E-state index in [-0.39, 0.29) is 0 Å². The molecule has 1 aromatic heterocycles. The van der Waals surface area contributed by atoms with E-state index in [0.29, 0.717) is 5.82 Å². The Balaban J connectivity index is 1.38. The van der Waals surface area contributed by atoms with Gasteiger partial charge in [0.05, 0.1) is 0 Å². The molecule has 0 aliphatic heterocycles. The highest BCUT2D eigenvalue weighted by molar-refractivity contribution is 6.22. The van der Waals surface area contributed by atoms with Crippen LogP contribution in [0.1, 0.15) is 0 Å². The van der Waals surface area contributed by atoms with E-state index < -0.39 is 0 Å². The van der Waals surface area contributed by atoms with Crippen molar-refractivity contribution in [2.75, 3.05) is 0 Å². The second-order valence-electron chi connectivity index (χ2n) is 12.2. The van der Waals surface area contributed by atoms with Gasteiger partial charge in [0.2, 0.25) is 0 Å². The molecular formula is C46H30N2. The first-order valence-corrected chi connectivity index (χ1v) is 16.3. The molecule has 0 atom stereocenters. The predicted molar refractivity (Wildman–Crippen MR) is 202 cm³/mol. The topological polar surface area (TPSA) is 25.8 Å². The third-order valence-electron chi connectivity index (χ3n) is 9.35. The van der Waals surface area contributed by atoms with Gasteiger partial charge in [0.1, 0.15) is 0 Å². The maximum absolute atomic E-state index is 5.04.